The molecule has 26 heavy (non-hydrogen) atoms. The van der Waals surface area contributed by atoms with Crippen LogP contribution >= 0.6 is 34.8 Å². The molecule has 0 fully saturated rings. The molecule has 6 nitrogen and oxygen atoms in total. The first-order chi connectivity index (χ1) is 12.5. The first-order valence-corrected chi connectivity index (χ1v) is 8.40. The molecule has 9 heteroatoms. The van der Waals surface area contributed by atoms with Crippen LogP contribution < -0.4 is 19.6 Å². The van der Waals surface area contributed by atoms with Gasteiger partial charge in [-0.05, 0) is 18.2 Å². The number of nitrogens with zero attached hydrogens (tertiary/aromatic N) is 1. The van der Waals surface area contributed by atoms with Gasteiger partial charge in [-0.1, -0.05) is 40.9 Å². The van der Waals surface area contributed by atoms with Crippen LogP contribution in [-0.4, -0.2) is 32.9 Å². The highest BCUT2D eigenvalue weighted by Gasteiger charge is 2.10. The molecule has 0 aliphatic heterocycles. The zero-order valence-corrected chi connectivity index (χ0v) is 16.2. The largest absolute Gasteiger partial charge is 0.493 e. The number of carbonyl (C=O) groups is 1. The normalized spacial score (nSPS) is 10.7. The number of hydrogen-bond donors (Lipinski definition) is 1. The van der Waals surface area contributed by atoms with Crippen molar-refractivity contribution in [2.75, 3.05) is 20.8 Å². The van der Waals surface area contributed by atoms with Crippen LogP contribution in [0.15, 0.2) is 35.4 Å². The van der Waals surface area contributed by atoms with Crippen LogP contribution in [0.25, 0.3) is 0 Å². The van der Waals surface area contributed by atoms with Crippen LogP contribution in [0.5, 0.6) is 17.2 Å². The molecule has 0 bridgehead atoms. The van der Waals surface area contributed by atoms with Crippen LogP contribution in [0.2, 0.25) is 15.1 Å². The number of hydrazone groups is 1. The van der Waals surface area contributed by atoms with Gasteiger partial charge in [-0.15, -0.1) is 0 Å². The minimum absolute atomic E-state index is 0.245. The van der Waals surface area contributed by atoms with E-state index in [1.807, 2.05) is 0 Å². The molecule has 0 aliphatic carbocycles. The molecule has 1 N–H and O–H groups in total. The maximum absolute atomic E-state index is 11.8. The van der Waals surface area contributed by atoms with Crippen LogP contribution in [0.3, 0.4) is 0 Å². The lowest BCUT2D eigenvalue weighted by atomic mass is 10.2. The van der Waals surface area contributed by atoms with Gasteiger partial charge >= 0.3 is 0 Å². The van der Waals surface area contributed by atoms with Crippen LogP contribution in [0, 0.1) is 0 Å². The number of ether oxygens (including phenoxy) is 3. The monoisotopic (exact) mass is 416 g/mol. The third-order valence-electron chi connectivity index (χ3n) is 3.16. The molecule has 0 atom stereocenters. The van der Waals surface area contributed by atoms with Gasteiger partial charge in [0.05, 0.1) is 35.5 Å². The van der Waals surface area contributed by atoms with Gasteiger partial charge in [0.1, 0.15) is 5.75 Å². The number of amides is 1. The summed E-state index contributed by atoms with van der Waals surface area (Å²) in [6, 6.07) is 8.17. The highest BCUT2D eigenvalue weighted by molar-refractivity contribution is 6.43. The van der Waals surface area contributed by atoms with Crippen LogP contribution in [-0.2, 0) is 4.79 Å². The Kier molecular flexibility index (Phi) is 7.38. The van der Waals surface area contributed by atoms with Crippen LogP contribution in [0.4, 0.5) is 0 Å². The number of halogens is 3. The van der Waals surface area contributed by atoms with Crippen molar-refractivity contribution in [3.8, 4) is 17.2 Å². The molecule has 0 aromatic heterocycles. The molecular weight excluding hydrogens is 403 g/mol. The second-order valence-electron chi connectivity index (χ2n) is 4.86. The third-order valence-corrected chi connectivity index (χ3v) is 4.18. The molecular formula is C17H15Cl3N2O4. The van der Waals surface area contributed by atoms with Gasteiger partial charge in [0.2, 0.25) is 0 Å². The number of para-hydroxylation sites is 1. The van der Waals surface area contributed by atoms with E-state index in [2.05, 4.69) is 10.5 Å². The van der Waals surface area contributed by atoms with Crippen LogP contribution in [0.1, 0.15) is 5.56 Å². The fourth-order valence-electron chi connectivity index (χ4n) is 1.98. The van der Waals surface area contributed by atoms with Crippen molar-refractivity contribution < 1.29 is 19.0 Å². The van der Waals surface area contributed by atoms with Gasteiger partial charge in [0.15, 0.2) is 18.1 Å². The van der Waals surface area contributed by atoms with Gasteiger partial charge in [0.25, 0.3) is 5.91 Å². The van der Waals surface area contributed by atoms with Crippen molar-refractivity contribution in [1.82, 2.24) is 5.43 Å². The Bertz CT molecular complexity index is 828. The zero-order chi connectivity index (χ0) is 19.1. The SMILES string of the molecule is COc1cccc(C=NNC(=O)COc2cc(Cl)c(Cl)cc2Cl)c1OC. The van der Waals surface area contributed by atoms with E-state index in [4.69, 9.17) is 49.0 Å². The highest BCUT2D eigenvalue weighted by atomic mass is 35.5. The van der Waals surface area contributed by atoms with E-state index in [0.29, 0.717) is 22.1 Å². The summed E-state index contributed by atoms with van der Waals surface area (Å²) < 4.78 is 15.8. The summed E-state index contributed by atoms with van der Waals surface area (Å²) >= 11 is 17.7. The summed E-state index contributed by atoms with van der Waals surface area (Å²) in [7, 11) is 3.05. The second-order valence-corrected chi connectivity index (χ2v) is 6.08. The van der Waals surface area contributed by atoms with E-state index in [0.717, 1.165) is 0 Å². The van der Waals surface area contributed by atoms with Crippen molar-refractivity contribution in [2.45, 2.75) is 0 Å². The number of benzene rings is 2. The van der Waals surface area contributed by atoms with E-state index < -0.39 is 5.91 Å². The quantitative estimate of drug-likeness (QED) is 0.416. The van der Waals surface area contributed by atoms with Crippen molar-refractivity contribution >= 4 is 46.9 Å². The smallest absolute Gasteiger partial charge is 0.277 e. The molecule has 2 aromatic rings. The topological polar surface area (TPSA) is 69.2 Å². The fourth-order valence-corrected chi connectivity index (χ4v) is 2.57. The second kappa shape index (κ2) is 9.52. The molecule has 0 radical (unpaired) electrons. The molecule has 1 amide bonds. The van der Waals surface area contributed by atoms with Crippen molar-refractivity contribution in [3.05, 3.63) is 51.0 Å². The Hall–Kier alpha value is -2.15. The van der Waals surface area contributed by atoms with Crippen molar-refractivity contribution in [3.63, 3.8) is 0 Å². The first kappa shape index (κ1) is 20.2. The highest BCUT2D eigenvalue weighted by Crippen LogP contribution is 2.33. The number of nitrogens with one attached hydrogen (secondary N) is 1. The van der Waals surface area contributed by atoms with Gasteiger partial charge in [-0.2, -0.15) is 5.10 Å². The summed E-state index contributed by atoms with van der Waals surface area (Å²) in [6.45, 7) is -0.301. The van der Waals surface area contributed by atoms with E-state index in [1.54, 1.807) is 18.2 Å². The number of methoxy groups -OCH3 is 2. The molecule has 0 saturated carbocycles. The zero-order valence-electron chi connectivity index (χ0n) is 13.9. The number of hydrogen-bond acceptors (Lipinski definition) is 5. The lowest BCUT2D eigenvalue weighted by Gasteiger charge is -2.10. The van der Waals surface area contributed by atoms with E-state index in [9.17, 15) is 4.79 Å². The van der Waals surface area contributed by atoms with E-state index in [-0.39, 0.29) is 22.4 Å². The predicted molar refractivity (Wildman–Crippen MR) is 102 cm³/mol. The molecule has 138 valence electrons. The Morgan fingerprint density at radius 1 is 1.08 bits per heavy atom. The molecule has 0 heterocycles. The first-order valence-electron chi connectivity index (χ1n) is 7.26. The summed E-state index contributed by atoms with van der Waals surface area (Å²) in [5, 5.41) is 4.69. The molecule has 2 aromatic carbocycles. The summed E-state index contributed by atoms with van der Waals surface area (Å²) in [4.78, 5) is 11.8. The maximum atomic E-state index is 11.8. The Labute approximate surface area is 165 Å². The minimum Gasteiger partial charge on any atom is -0.493 e. The Balaban J connectivity index is 1.95. The number of rotatable bonds is 7. The summed E-state index contributed by atoms with van der Waals surface area (Å²) in [5.74, 6) is 0.826. The molecule has 2 rings (SSSR count). The average molecular weight is 418 g/mol. The lowest BCUT2D eigenvalue weighted by molar-refractivity contribution is -0.123. The average Bonchev–Trinajstić information content (AvgIpc) is 2.63. The van der Waals surface area contributed by atoms with E-state index >= 15 is 0 Å². The molecule has 0 unspecified atom stereocenters. The Morgan fingerprint density at radius 3 is 2.50 bits per heavy atom. The van der Waals surface area contributed by atoms with E-state index in [1.165, 1.54) is 32.6 Å². The van der Waals surface area contributed by atoms with Gasteiger partial charge in [-0.3, -0.25) is 4.79 Å². The third kappa shape index (κ3) is 5.17. The molecule has 0 aliphatic rings. The molecule has 0 saturated heterocycles. The lowest BCUT2D eigenvalue weighted by Crippen LogP contribution is -2.24. The molecule has 0 spiro atoms. The van der Waals surface area contributed by atoms with Crippen molar-refractivity contribution in [2.24, 2.45) is 5.10 Å². The standard InChI is InChI=1S/C17H15Cl3N2O4/c1-24-14-5-3-4-10(17(14)25-2)8-21-22-16(23)9-26-15-7-12(19)11(18)6-13(15)20/h3-8H,9H2,1-2H3,(H,22,23). The minimum atomic E-state index is -0.481. The van der Waals surface area contributed by atoms with Crippen molar-refractivity contribution in [1.29, 1.82) is 0 Å². The Morgan fingerprint density at radius 2 is 1.81 bits per heavy atom. The summed E-state index contributed by atoms with van der Waals surface area (Å²) in [5.41, 5.74) is 2.98. The van der Waals surface area contributed by atoms with Gasteiger partial charge < -0.3 is 14.2 Å². The van der Waals surface area contributed by atoms with Gasteiger partial charge in [0, 0.05) is 11.6 Å². The number of carbonyl (C=O) groups excluding carboxylic acids is 1. The van der Waals surface area contributed by atoms with Gasteiger partial charge in [-0.25, -0.2) is 5.43 Å². The fraction of sp³-hybridized carbons (Fsp3) is 0.176. The maximum Gasteiger partial charge on any atom is 0.277 e. The predicted octanol–water partition coefficient (Wildman–Crippen LogP) is 4.19. The summed E-state index contributed by atoms with van der Waals surface area (Å²) in [6.07, 6.45) is 1.44.